The van der Waals surface area contributed by atoms with Crippen LogP contribution in [0.3, 0.4) is 0 Å². The van der Waals surface area contributed by atoms with E-state index in [1.54, 1.807) is 0 Å². The van der Waals surface area contributed by atoms with Crippen LogP contribution in [0.5, 0.6) is 0 Å². The Morgan fingerprint density at radius 1 is 1.14 bits per heavy atom. The normalized spacial score (nSPS) is 18.8. The summed E-state index contributed by atoms with van der Waals surface area (Å²) in [5, 5.41) is 3.92. The maximum Gasteiger partial charge on any atom is 0.253 e. The molecule has 0 spiro atoms. The van der Waals surface area contributed by atoms with Crippen molar-refractivity contribution in [3.63, 3.8) is 0 Å². The molecule has 122 valence electrons. The molecule has 0 atom stereocenters. The van der Waals surface area contributed by atoms with Gasteiger partial charge in [-0.2, -0.15) is 0 Å². The van der Waals surface area contributed by atoms with Gasteiger partial charge in [-0.25, -0.2) is 21.8 Å². The molecular weight excluding hydrogens is 330 g/mol. The second kappa shape index (κ2) is 6.32. The Kier molecular flexibility index (Phi) is 4.85. The lowest BCUT2D eigenvalue weighted by atomic mass is 10.3. The van der Waals surface area contributed by atoms with E-state index in [0.29, 0.717) is 5.69 Å². The highest BCUT2D eigenvalue weighted by molar-refractivity contribution is 7.91. The summed E-state index contributed by atoms with van der Waals surface area (Å²) in [6, 6.07) is 5.70. The van der Waals surface area contributed by atoms with E-state index in [1.165, 1.54) is 36.2 Å². The molecule has 0 radical (unpaired) electrons. The monoisotopic (exact) mass is 347 g/mol. The van der Waals surface area contributed by atoms with Crippen LogP contribution in [0.25, 0.3) is 0 Å². The van der Waals surface area contributed by atoms with Gasteiger partial charge in [0.1, 0.15) is 0 Å². The number of carbonyl (C=O) groups is 1. The van der Waals surface area contributed by atoms with E-state index in [2.05, 4.69) is 10.1 Å². The van der Waals surface area contributed by atoms with Crippen LogP contribution in [0, 0.1) is 0 Å². The van der Waals surface area contributed by atoms with Gasteiger partial charge in [0.25, 0.3) is 10.0 Å². The molecule has 1 saturated heterocycles. The number of anilines is 1. The van der Waals surface area contributed by atoms with Crippen LogP contribution < -0.4 is 10.1 Å². The Morgan fingerprint density at radius 3 is 2.18 bits per heavy atom. The third-order valence-electron chi connectivity index (χ3n) is 3.08. The number of hydrogen-bond acceptors (Lipinski definition) is 6. The summed E-state index contributed by atoms with van der Waals surface area (Å²) in [6.45, 7) is 1.59. The molecule has 0 unspecified atom stereocenters. The fraction of sp³-hybridized carbons (Fsp3) is 0.417. The number of benzene rings is 1. The van der Waals surface area contributed by atoms with Crippen molar-refractivity contribution in [2.75, 3.05) is 29.9 Å². The molecule has 0 aliphatic carbocycles. The zero-order chi connectivity index (χ0) is 16.4. The van der Waals surface area contributed by atoms with Crippen molar-refractivity contribution in [3.8, 4) is 0 Å². The summed E-state index contributed by atoms with van der Waals surface area (Å²) < 4.78 is 47.0. The number of carbonyl (C=O) groups excluding carboxylic acids is 1. The highest BCUT2D eigenvalue weighted by Crippen LogP contribution is 2.14. The quantitative estimate of drug-likeness (QED) is 0.764. The number of sulfonamides is 1. The highest BCUT2D eigenvalue weighted by Gasteiger charge is 2.25. The first-order chi connectivity index (χ1) is 10.2. The summed E-state index contributed by atoms with van der Waals surface area (Å²) in [7, 11) is -6.84. The molecule has 1 fully saturated rings. The number of amides is 1. The zero-order valence-electron chi connectivity index (χ0n) is 11.9. The predicted octanol–water partition coefficient (Wildman–Crippen LogP) is -0.431. The highest BCUT2D eigenvalue weighted by atomic mass is 32.2. The lowest BCUT2D eigenvalue weighted by molar-refractivity contribution is -0.114. The minimum absolute atomic E-state index is 0.0371. The summed E-state index contributed by atoms with van der Waals surface area (Å²) in [5.74, 6) is -0.392. The van der Waals surface area contributed by atoms with Gasteiger partial charge in [-0.3, -0.25) is 4.79 Å². The van der Waals surface area contributed by atoms with E-state index >= 15 is 0 Å². The molecule has 1 aliphatic heterocycles. The Balaban J connectivity index is 2.05. The summed E-state index contributed by atoms with van der Waals surface area (Å²) in [5.41, 5.74) is 0.496. The molecule has 2 N–H and O–H groups in total. The van der Waals surface area contributed by atoms with Crippen molar-refractivity contribution in [1.82, 2.24) is 9.84 Å². The van der Waals surface area contributed by atoms with Gasteiger partial charge in [0.15, 0.2) is 9.84 Å². The van der Waals surface area contributed by atoms with Gasteiger partial charge in [-0.05, 0) is 24.3 Å². The number of hydrogen-bond donors (Lipinski definition) is 2. The first-order valence-electron chi connectivity index (χ1n) is 6.53. The lowest BCUT2D eigenvalue weighted by Gasteiger charge is -2.26. The molecular formula is C12H17N3O5S2. The van der Waals surface area contributed by atoms with E-state index in [1.807, 2.05) is 0 Å². The van der Waals surface area contributed by atoms with E-state index in [9.17, 15) is 21.6 Å². The molecule has 0 aromatic heterocycles. The maximum absolute atomic E-state index is 12.2. The van der Waals surface area contributed by atoms with Crippen molar-refractivity contribution in [3.05, 3.63) is 24.3 Å². The van der Waals surface area contributed by atoms with Gasteiger partial charge in [0.2, 0.25) is 5.91 Å². The molecule has 1 amide bonds. The van der Waals surface area contributed by atoms with Crippen LogP contribution in [-0.4, -0.2) is 52.3 Å². The van der Waals surface area contributed by atoms with Crippen LogP contribution >= 0.6 is 0 Å². The van der Waals surface area contributed by atoms with Crippen molar-refractivity contribution in [1.29, 1.82) is 0 Å². The van der Waals surface area contributed by atoms with Crippen molar-refractivity contribution in [2.24, 2.45) is 0 Å². The predicted molar refractivity (Wildman–Crippen MR) is 81.3 cm³/mol. The van der Waals surface area contributed by atoms with Gasteiger partial charge >= 0.3 is 0 Å². The number of hydrazine groups is 1. The molecule has 10 heteroatoms. The molecule has 2 rings (SSSR count). The first-order valence-corrected chi connectivity index (χ1v) is 9.84. The average molecular weight is 347 g/mol. The minimum Gasteiger partial charge on any atom is -0.326 e. The number of rotatable bonds is 4. The second-order valence-electron chi connectivity index (χ2n) is 4.94. The molecule has 1 aromatic rings. The fourth-order valence-electron chi connectivity index (χ4n) is 1.95. The van der Waals surface area contributed by atoms with Gasteiger partial charge in [0.05, 0.1) is 16.4 Å². The van der Waals surface area contributed by atoms with E-state index in [0.717, 1.165) is 0 Å². The maximum atomic E-state index is 12.2. The van der Waals surface area contributed by atoms with Crippen LogP contribution in [0.1, 0.15) is 6.92 Å². The van der Waals surface area contributed by atoms with Gasteiger partial charge in [0, 0.05) is 25.7 Å². The molecule has 0 bridgehead atoms. The van der Waals surface area contributed by atoms with Crippen molar-refractivity contribution in [2.45, 2.75) is 11.8 Å². The van der Waals surface area contributed by atoms with Crippen LogP contribution in [0.4, 0.5) is 5.69 Å². The van der Waals surface area contributed by atoms with Crippen molar-refractivity contribution < 1.29 is 21.6 Å². The zero-order valence-corrected chi connectivity index (χ0v) is 13.6. The summed E-state index contributed by atoms with van der Waals surface area (Å²) >= 11 is 0. The number of nitrogens with one attached hydrogen (secondary N) is 2. The molecule has 1 heterocycles. The van der Waals surface area contributed by atoms with E-state index in [4.69, 9.17) is 0 Å². The van der Waals surface area contributed by atoms with Crippen molar-refractivity contribution >= 4 is 31.5 Å². The number of sulfone groups is 1. The Hall–Kier alpha value is -1.49. The fourth-order valence-corrected chi connectivity index (χ4v) is 4.27. The molecule has 1 aliphatic rings. The van der Waals surface area contributed by atoms with Crippen LogP contribution in [-0.2, 0) is 24.7 Å². The largest absolute Gasteiger partial charge is 0.326 e. The molecule has 8 nitrogen and oxygen atoms in total. The number of nitrogens with zero attached hydrogens (tertiary/aromatic N) is 1. The topological polar surface area (TPSA) is 113 Å². The Labute approximate surface area is 129 Å². The third kappa shape index (κ3) is 4.50. The first kappa shape index (κ1) is 16.9. The third-order valence-corrected chi connectivity index (χ3v) is 6.08. The van der Waals surface area contributed by atoms with E-state index in [-0.39, 0.29) is 35.4 Å². The second-order valence-corrected chi connectivity index (χ2v) is 8.90. The van der Waals surface area contributed by atoms with Crippen LogP contribution in [0.15, 0.2) is 29.2 Å². The minimum atomic E-state index is -3.77. The molecule has 1 aromatic carbocycles. The smallest absolute Gasteiger partial charge is 0.253 e. The molecule has 22 heavy (non-hydrogen) atoms. The Morgan fingerprint density at radius 2 is 1.68 bits per heavy atom. The average Bonchev–Trinajstić information content (AvgIpc) is 2.41. The standard InChI is InChI=1S/C12H17N3O5S2/c1-10(16)13-11-2-4-12(5-3-11)22(19,20)14-15-6-8-21(17,18)9-7-15/h2-5,14H,6-9H2,1H3,(H,13,16). The van der Waals surface area contributed by atoms with Gasteiger partial charge in [-0.1, -0.05) is 0 Å². The molecule has 0 saturated carbocycles. The Bertz CT molecular complexity index is 742. The SMILES string of the molecule is CC(=O)Nc1ccc(S(=O)(=O)NN2CCS(=O)(=O)CC2)cc1. The van der Waals surface area contributed by atoms with Gasteiger partial charge in [-0.15, -0.1) is 4.83 Å². The van der Waals surface area contributed by atoms with Gasteiger partial charge < -0.3 is 5.32 Å². The summed E-state index contributed by atoms with van der Waals surface area (Å²) in [4.78, 5) is 13.3. The van der Waals surface area contributed by atoms with Crippen LogP contribution in [0.2, 0.25) is 0 Å². The lowest BCUT2D eigenvalue weighted by Crippen LogP contribution is -2.50. The summed E-state index contributed by atoms with van der Waals surface area (Å²) in [6.07, 6.45) is 0. The van der Waals surface area contributed by atoms with E-state index < -0.39 is 19.9 Å².